The first-order chi connectivity index (χ1) is 15.7. The summed E-state index contributed by atoms with van der Waals surface area (Å²) in [5.74, 6) is -0.395. The number of ether oxygens (including phenoxy) is 1. The molecule has 1 aromatic heterocycles. The van der Waals surface area contributed by atoms with Crippen molar-refractivity contribution in [3.05, 3.63) is 52.9 Å². The van der Waals surface area contributed by atoms with E-state index >= 15 is 0 Å². The fourth-order valence-electron chi connectivity index (χ4n) is 5.08. The summed E-state index contributed by atoms with van der Waals surface area (Å²) in [5, 5.41) is 2.93. The third kappa shape index (κ3) is 3.76. The van der Waals surface area contributed by atoms with Gasteiger partial charge in [0.25, 0.3) is 12.3 Å². The maximum absolute atomic E-state index is 13.5. The minimum atomic E-state index is -2.61. The molecule has 3 saturated carbocycles. The van der Waals surface area contributed by atoms with Crippen LogP contribution in [0, 0.1) is 5.82 Å². The van der Waals surface area contributed by atoms with Gasteiger partial charge in [0.1, 0.15) is 17.4 Å². The molecular weight excluding hydrogens is 461 g/mol. The number of nitrogens with one attached hydrogen (secondary N) is 1. The van der Waals surface area contributed by atoms with Crippen molar-refractivity contribution in [1.29, 1.82) is 0 Å². The number of carbonyl (C=O) groups is 2. The normalized spacial score (nSPS) is 25.7. The zero-order chi connectivity index (χ0) is 23.4. The molecule has 0 spiro atoms. The van der Waals surface area contributed by atoms with E-state index in [1.807, 2.05) is 0 Å². The van der Waals surface area contributed by atoms with Gasteiger partial charge in [0, 0.05) is 36.5 Å². The molecule has 2 bridgehead atoms. The van der Waals surface area contributed by atoms with Gasteiger partial charge in [0.15, 0.2) is 6.61 Å². The molecular formula is C22H20ClF3N4O3. The van der Waals surface area contributed by atoms with E-state index in [2.05, 4.69) is 10.3 Å². The van der Waals surface area contributed by atoms with Gasteiger partial charge in [-0.1, -0.05) is 11.6 Å². The van der Waals surface area contributed by atoms with E-state index in [-0.39, 0.29) is 46.0 Å². The minimum Gasteiger partial charge on any atom is -0.484 e. The van der Waals surface area contributed by atoms with Crippen molar-refractivity contribution in [2.45, 2.75) is 36.8 Å². The molecule has 0 radical (unpaired) electrons. The maximum Gasteiger partial charge on any atom is 0.326 e. The summed E-state index contributed by atoms with van der Waals surface area (Å²) in [7, 11) is 0. The highest BCUT2D eigenvalue weighted by Gasteiger charge is 2.72. The Labute approximate surface area is 192 Å². The summed E-state index contributed by atoms with van der Waals surface area (Å²) in [6.07, 6.45) is 0.389. The van der Waals surface area contributed by atoms with Gasteiger partial charge < -0.3 is 15.0 Å². The standard InChI is InChI=1S/C22H20ClF3N4O3/c23-15-3-2-14(7-16(15)24)33-9-18(31)28-21-10-22(11-21,12-21)30-6-5-29(20(30)32)17-4-1-13(8-27-17)19(25)26/h1-4,7-8,19H,5-6,9-12H2,(H,28,31). The van der Waals surface area contributed by atoms with Crippen LogP contribution < -0.4 is 15.0 Å². The Morgan fingerprint density at radius 1 is 1.21 bits per heavy atom. The van der Waals surface area contributed by atoms with Gasteiger partial charge in [0.05, 0.1) is 10.6 Å². The van der Waals surface area contributed by atoms with Crippen molar-refractivity contribution in [3.8, 4) is 5.75 Å². The second kappa shape index (κ2) is 7.79. The first kappa shape index (κ1) is 21.8. The Bertz CT molecular complexity index is 1090. The number of aromatic nitrogens is 1. The molecule has 4 aliphatic rings. The fraction of sp³-hybridized carbons (Fsp3) is 0.409. The van der Waals surface area contributed by atoms with Gasteiger partial charge >= 0.3 is 6.03 Å². The molecule has 1 N–H and O–H groups in total. The maximum atomic E-state index is 13.5. The Balaban J connectivity index is 1.13. The molecule has 1 aliphatic heterocycles. The molecule has 174 valence electrons. The molecule has 3 aliphatic carbocycles. The number of nitrogens with zero attached hydrogens (tertiary/aromatic N) is 3. The molecule has 1 aromatic carbocycles. The molecule has 0 unspecified atom stereocenters. The van der Waals surface area contributed by atoms with Gasteiger partial charge in [-0.2, -0.15) is 0 Å². The monoisotopic (exact) mass is 480 g/mol. The predicted molar refractivity (Wildman–Crippen MR) is 113 cm³/mol. The smallest absolute Gasteiger partial charge is 0.326 e. The van der Waals surface area contributed by atoms with Gasteiger partial charge in [-0.05, 0) is 43.5 Å². The summed E-state index contributed by atoms with van der Waals surface area (Å²) in [6, 6.07) is 6.45. The molecule has 2 heterocycles. The lowest BCUT2D eigenvalue weighted by Gasteiger charge is -2.72. The third-order valence-corrected chi connectivity index (χ3v) is 6.86. The second-order valence-electron chi connectivity index (χ2n) is 8.78. The fourth-order valence-corrected chi connectivity index (χ4v) is 5.19. The number of benzene rings is 1. The van der Waals surface area contributed by atoms with E-state index in [1.54, 1.807) is 4.90 Å². The van der Waals surface area contributed by atoms with Crippen LogP contribution in [0.4, 0.5) is 23.8 Å². The number of rotatable bonds is 7. The Kier molecular flexibility index (Phi) is 5.15. The molecule has 7 nitrogen and oxygen atoms in total. The van der Waals surface area contributed by atoms with E-state index < -0.39 is 12.2 Å². The first-order valence-electron chi connectivity index (χ1n) is 10.4. The van der Waals surface area contributed by atoms with Crippen molar-refractivity contribution in [2.24, 2.45) is 0 Å². The van der Waals surface area contributed by atoms with E-state index in [0.29, 0.717) is 38.2 Å². The number of alkyl halides is 2. The number of urea groups is 1. The number of anilines is 1. The summed E-state index contributed by atoms with van der Waals surface area (Å²) >= 11 is 5.63. The zero-order valence-electron chi connectivity index (χ0n) is 17.4. The second-order valence-corrected chi connectivity index (χ2v) is 9.19. The number of carbonyl (C=O) groups excluding carboxylic acids is 2. The molecule has 1 saturated heterocycles. The van der Waals surface area contributed by atoms with Crippen LogP contribution in [0.2, 0.25) is 5.02 Å². The molecule has 3 amide bonds. The van der Waals surface area contributed by atoms with Gasteiger partial charge in [-0.15, -0.1) is 0 Å². The first-order valence-corrected chi connectivity index (χ1v) is 10.8. The Morgan fingerprint density at radius 2 is 1.97 bits per heavy atom. The summed E-state index contributed by atoms with van der Waals surface area (Å²) in [6.45, 7) is 0.672. The minimum absolute atomic E-state index is 0.0260. The molecule has 33 heavy (non-hydrogen) atoms. The third-order valence-electron chi connectivity index (χ3n) is 6.55. The van der Waals surface area contributed by atoms with Crippen LogP contribution in [0.15, 0.2) is 36.5 Å². The van der Waals surface area contributed by atoms with Crippen LogP contribution in [-0.2, 0) is 4.79 Å². The number of hydrogen-bond donors (Lipinski definition) is 1. The summed E-state index contributed by atoms with van der Waals surface area (Å²) in [5.41, 5.74) is -0.858. The van der Waals surface area contributed by atoms with Crippen molar-refractivity contribution < 1.29 is 27.5 Å². The predicted octanol–water partition coefficient (Wildman–Crippen LogP) is 3.92. The zero-order valence-corrected chi connectivity index (χ0v) is 18.1. The van der Waals surface area contributed by atoms with Crippen LogP contribution in [0.25, 0.3) is 0 Å². The van der Waals surface area contributed by atoms with Crippen LogP contribution in [-0.4, -0.2) is 52.6 Å². The van der Waals surface area contributed by atoms with E-state index in [4.69, 9.17) is 16.3 Å². The highest BCUT2D eigenvalue weighted by molar-refractivity contribution is 6.30. The average Bonchev–Trinajstić information content (AvgIpc) is 3.11. The lowest BCUT2D eigenvalue weighted by molar-refractivity contribution is -0.165. The van der Waals surface area contributed by atoms with Crippen molar-refractivity contribution in [1.82, 2.24) is 15.2 Å². The largest absolute Gasteiger partial charge is 0.484 e. The van der Waals surface area contributed by atoms with Crippen molar-refractivity contribution >= 4 is 29.4 Å². The lowest BCUT2D eigenvalue weighted by atomic mass is 9.43. The number of halogens is 4. The van der Waals surface area contributed by atoms with Gasteiger partial charge in [-0.25, -0.2) is 22.9 Å². The van der Waals surface area contributed by atoms with Gasteiger partial charge in [-0.3, -0.25) is 9.69 Å². The van der Waals surface area contributed by atoms with Crippen LogP contribution in [0.3, 0.4) is 0 Å². The number of hydrogen-bond acceptors (Lipinski definition) is 4. The summed E-state index contributed by atoms with van der Waals surface area (Å²) in [4.78, 5) is 32.5. The van der Waals surface area contributed by atoms with Crippen LogP contribution in [0.5, 0.6) is 5.75 Å². The highest BCUT2D eigenvalue weighted by atomic mass is 35.5. The van der Waals surface area contributed by atoms with Crippen LogP contribution in [0.1, 0.15) is 31.3 Å². The van der Waals surface area contributed by atoms with Gasteiger partial charge in [0.2, 0.25) is 0 Å². The lowest BCUT2D eigenvalue weighted by Crippen LogP contribution is -2.84. The molecule has 2 aromatic rings. The van der Waals surface area contributed by atoms with Crippen molar-refractivity contribution in [2.75, 3.05) is 24.6 Å². The molecule has 6 rings (SSSR count). The molecule has 0 atom stereocenters. The quantitative estimate of drug-likeness (QED) is 0.651. The van der Waals surface area contributed by atoms with E-state index in [1.165, 1.54) is 29.2 Å². The van der Waals surface area contributed by atoms with Crippen LogP contribution >= 0.6 is 11.6 Å². The molecule has 11 heteroatoms. The highest BCUT2D eigenvalue weighted by Crippen LogP contribution is 2.64. The topological polar surface area (TPSA) is 74.8 Å². The van der Waals surface area contributed by atoms with Crippen molar-refractivity contribution in [3.63, 3.8) is 0 Å². The number of pyridine rings is 1. The number of amides is 3. The Morgan fingerprint density at radius 3 is 2.61 bits per heavy atom. The molecule has 4 fully saturated rings. The van der Waals surface area contributed by atoms with E-state index in [0.717, 1.165) is 12.3 Å². The summed E-state index contributed by atoms with van der Waals surface area (Å²) < 4.78 is 44.3. The SMILES string of the molecule is O=C(COc1ccc(Cl)c(F)c1)NC12CC(N3CCN(c4ccc(C(F)F)cn4)C3=O)(C1)C2. The average molecular weight is 481 g/mol. The van der Waals surface area contributed by atoms with E-state index in [9.17, 15) is 22.8 Å². The Hall–Kier alpha value is -3.01.